The first-order valence-corrected chi connectivity index (χ1v) is 8.61. The Hall–Kier alpha value is -3.04. The van der Waals surface area contributed by atoms with Gasteiger partial charge in [0, 0.05) is 17.5 Å². The fourth-order valence-electron chi connectivity index (χ4n) is 3.42. The molecule has 0 saturated heterocycles. The van der Waals surface area contributed by atoms with Crippen LogP contribution in [-0.4, -0.2) is 17.2 Å². The molecule has 0 amide bonds. The molecule has 0 atom stereocenters. The number of carbonyl (C=O) groups excluding carboxylic acids is 2. The van der Waals surface area contributed by atoms with E-state index in [-0.39, 0.29) is 24.6 Å². The van der Waals surface area contributed by atoms with Gasteiger partial charge in [0.2, 0.25) is 11.6 Å². The van der Waals surface area contributed by atoms with Crippen molar-refractivity contribution >= 4 is 11.6 Å². The highest BCUT2D eigenvalue weighted by molar-refractivity contribution is 6.32. The number of ketones is 2. The zero-order valence-corrected chi connectivity index (χ0v) is 14.2. The molecule has 4 rings (SSSR count). The van der Waals surface area contributed by atoms with Crippen molar-refractivity contribution in [2.45, 2.75) is 18.6 Å². The lowest BCUT2D eigenvalue weighted by atomic mass is 9.89. The summed E-state index contributed by atoms with van der Waals surface area (Å²) in [6, 6.07) is 26.1. The van der Waals surface area contributed by atoms with Crippen molar-refractivity contribution in [3.8, 4) is 0 Å². The number of fused-ring (bicyclic) bond motifs is 1. The van der Waals surface area contributed by atoms with E-state index < -0.39 is 5.60 Å². The molecular formula is C23H18O3. The van der Waals surface area contributed by atoms with Crippen molar-refractivity contribution in [3.63, 3.8) is 0 Å². The van der Waals surface area contributed by atoms with Gasteiger partial charge < -0.3 is 4.74 Å². The minimum absolute atomic E-state index is 0.207. The van der Waals surface area contributed by atoms with Crippen LogP contribution in [0.2, 0.25) is 0 Å². The Morgan fingerprint density at radius 3 is 1.62 bits per heavy atom. The van der Waals surface area contributed by atoms with Crippen LogP contribution in [0.4, 0.5) is 0 Å². The molecule has 3 aromatic rings. The van der Waals surface area contributed by atoms with Gasteiger partial charge in [-0.2, -0.15) is 0 Å². The average Bonchev–Trinajstić information content (AvgIpc) is 2.91. The quantitative estimate of drug-likeness (QED) is 0.651. The molecular weight excluding hydrogens is 324 g/mol. The SMILES string of the molecule is O=C1c2ccccc2C(=O)C1(Cc1ccccc1)OCc1ccccc1. The van der Waals surface area contributed by atoms with Crippen molar-refractivity contribution in [1.82, 2.24) is 0 Å². The van der Waals surface area contributed by atoms with E-state index in [1.807, 2.05) is 60.7 Å². The molecule has 0 unspecified atom stereocenters. The lowest BCUT2D eigenvalue weighted by Crippen LogP contribution is -2.46. The second-order valence-electron chi connectivity index (χ2n) is 6.47. The lowest BCUT2D eigenvalue weighted by molar-refractivity contribution is -0.0175. The van der Waals surface area contributed by atoms with Gasteiger partial charge in [-0.25, -0.2) is 0 Å². The van der Waals surface area contributed by atoms with Gasteiger partial charge in [0.15, 0.2) is 5.60 Å². The monoisotopic (exact) mass is 342 g/mol. The van der Waals surface area contributed by atoms with Gasteiger partial charge in [0.05, 0.1) is 6.61 Å². The predicted molar refractivity (Wildman–Crippen MR) is 99.2 cm³/mol. The lowest BCUT2D eigenvalue weighted by Gasteiger charge is -2.26. The van der Waals surface area contributed by atoms with Gasteiger partial charge in [-0.15, -0.1) is 0 Å². The maximum atomic E-state index is 13.2. The van der Waals surface area contributed by atoms with Crippen molar-refractivity contribution in [2.24, 2.45) is 0 Å². The summed E-state index contributed by atoms with van der Waals surface area (Å²) >= 11 is 0. The van der Waals surface area contributed by atoms with E-state index in [9.17, 15) is 9.59 Å². The van der Waals surface area contributed by atoms with Gasteiger partial charge in [0.1, 0.15) is 0 Å². The number of rotatable bonds is 5. The molecule has 128 valence electrons. The standard InChI is InChI=1S/C23H18O3/c24-21-19-13-7-8-14-20(19)22(25)23(21,15-17-9-3-1-4-10-17)26-16-18-11-5-2-6-12-18/h1-14H,15-16H2. The number of benzene rings is 3. The number of ether oxygens (including phenoxy) is 1. The molecule has 3 heteroatoms. The molecule has 1 aliphatic rings. The summed E-state index contributed by atoms with van der Waals surface area (Å²) < 4.78 is 6.09. The van der Waals surface area contributed by atoms with Gasteiger partial charge in [-0.3, -0.25) is 9.59 Å². The van der Waals surface area contributed by atoms with Crippen molar-refractivity contribution in [1.29, 1.82) is 0 Å². The molecule has 0 bridgehead atoms. The molecule has 3 nitrogen and oxygen atoms in total. The minimum atomic E-state index is -1.50. The summed E-state index contributed by atoms with van der Waals surface area (Å²) in [6.45, 7) is 0.207. The third kappa shape index (κ3) is 2.76. The van der Waals surface area contributed by atoms with Crippen LogP contribution >= 0.6 is 0 Å². The normalized spacial score (nSPS) is 15.1. The smallest absolute Gasteiger partial charge is 0.203 e. The first-order chi connectivity index (χ1) is 12.7. The molecule has 26 heavy (non-hydrogen) atoms. The second kappa shape index (κ2) is 6.70. The van der Waals surface area contributed by atoms with Crippen LogP contribution in [0.15, 0.2) is 84.9 Å². The van der Waals surface area contributed by atoms with Gasteiger partial charge in [0.25, 0.3) is 0 Å². The summed E-state index contributed by atoms with van der Waals surface area (Å²) in [5.41, 5.74) is 1.22. The van der Waals surface area contributed by atoms with Crippen LogP contribution in [0.5, 0.6) is 0 Å². The Bertz CT molecular complexity index is 910. The first-order valence-electron chi connectivity index (χ1n) is 8.61. The second-order valence-corrected chi connectivity index (χ2v) is 6.47. The number of hydrogen-bond donors (Lipinski definition) is 0. The Labute approximate surface area is 152 Å². The highest BCUT2D eigenvalue weighted by Gasteiger charge is 2.54. The molecule has 0 fully saturated rings. The molecule has 0 spiro atoms. The third-order valence-electron chi connectivity index (χ3n) is 4.77. The Kier molecular flexibility index (Phi) is 4.23. The van der Waals surface area contributed by atoms with Crippen LogP contribution in [0.3, 0.4) is 0 Å². The van der Waals surface area contributed by atoms with Crippen LogP contribution in [0.1, 0.15) is 31.8 Å². The van der Waals surface area contributed by atoms with Gasteiger partial charge in [-0.1, -0.05) is 84.9 Å². The summed E-state index contributed by atoms with van der Waals surface area (Å²) in [5, 5.41) is 0. The number of Topliss-reactive ketones (excluding diaryl/α,β-unsaturated/α-hetero) is 2. The molecule has 3 aromatic carbocycles. The van der Waals surface area contributed by atoms with Crippen LogP contribution < -0.4 is 0 Å². The topological polar surface area (TPSA) is 43.4 Å². The maximum absolute atomic E-state index is 13.2. The van der Waals surface area contributed by atoms with E-state index >= 15 is 0 Å². The third-order valence-corrected chi connectivity index (χ3v) is 4.77. The molecule has 0 radical (unpaired) electrons. The summed E-state index contributed by atoms with van der Waals surface area (Å²) in [7, 11) is 0. The average molecular weight is 342 g/mol. The van der Waals surface area contributed by atoms with Gasteiger partial charge in [-0.05, 0) is 11.1 Å². The first kappa shape index (κ1) is 16.4. The largest absolute Gasteiger partial charge is 0.354 e. The maximum Gasteiger partial charge on any atom is 0.203 e. The molecule has 0 heterocycles. The van der Waals surface area contributed by atoms with E-state index in [0.29, 0.717) is 11.1 Å². The van der Waals surface area contributed by atoms with Crippen molar-refractivity contribution < 1.29 is 14.3 Å². The van der Waals surface area contributed by atoms with E-state index in [1.165, 1.54) is 0 Å². The number of hydrogen-bond acceptors (Lipinski definition) is 3. The number of carbonyl (C=O) groups is 2. The molecule has 0 aromatic heterocycles. The fraction of sp³-hybridized carbons (Fsp3) is 0.130. The van der Waals surface area contributed by atoms with E-state index in [4.69, 9.17) is 4.74 Å². The Balaban J connectivity index is 1.73. The van der Waals surface area contributed by atoms with Gasteiger partial charge >= 0.3 is 0 Å². The summed E-state index contributed by atoms with van der Waals surface area (Å²) in [4.78, 5) is 26.4. The molecule has 0 N–H and O–H groups in total. The van der Waals surface area contributed by atoms with Crippen molar-refractivity contribution in [2.75, 3.05) is 0 Å². The minimum Gasteiger partial charge on any atom is -0.354 e. The fourth-order valence-corrected chi connectivity index (χ4v) is 3.42. The summed E-state index contributed by atoms with van der Waals surface area (Å²) in [5.74, 6) is -0.504. The van der Waals surface area contributed by atoms with E-state index in [1.54, 1.807) is 24.3 Å². The Morgan fingerprint density at radius 2 is 1.08 bits per heavy atom. The van der Waals surface area contributed by atoms with E-state index in [0.717, 1.165) is 11.1 Å². The summed E-state index contributed by atoms with van der Waals surface area (Å²) in [6.07, 6.45) is 0.229. The zero-order valence-electron chi connectivity index (χ0n) is 14.2. The van der Waals surface area contributed by atoms with Crippen LogP contribution in [0, 0.1) is 0 Å². The molecule has 0 aliphatic heterocycles. The van der Waals surface area contributed by atoms with Crippen LogP contribution in [0.25, 0.3) is 0 Å². The predicted octanol–water partition coefficient (Wildman–Crippen LogP) is 4.26. The van der Waals surface area contributed by atoms with Crippen LogP contribution in [-0.2, 0) is 17.8 Å². The molecule has 1 aliphatic carbocycles. The highest BCUT2D eigenvalue weighted by atomic mass is 16.5. The van der Waals surface area contributed by atoms with E-state index in [2.05, 4.69) is 0 Å². The van der Waals surface area contributed by atoms with Crippen molar-refractivity contribution in [3.05, 3.63) is 107 Å². The Morgan fingerprint density at radius 1 is 0.615 bits per heavy atom. The molecule has 0 saturated carbocycles. The zero-order chi connectivity index (χ0) is 18.0. The highest BCUT2D eigenvalue weighted by Crippen LogP contribution is 2.36.